The van der Waals surface area contributed by atoms with Gasteiger partial charge in [-0.1, -0.05) is 86.0 Å². The Kier molecular flexibility index (Phi) is 10.5. The maximum absolute atomic E-state index is 11.8. The van der Waals surface area contributed by atoms with Gasteiger partial charge in [0.25, 0.3) is 0 Å². The molecule has 6 aromatic rings. The van der Waals surface area contributed by atoms with Crippen LogP contribution in [-0.2, 0) is 24.5 Å². The molecule has 0 bridgehead atoms. The van der Waals surface area contributed by atoms with E-state index < -0.39 is 29.6 Å². The molecule has 2 N–H and O–H groups in total. The highest BCUT2D eigenvalue weighted by Crippen LogP contribution is 2.58. The van der Waals surface area contributed by atoms with Gasteiger partial charge in [-0.2, -0.15) is 0 Å². The molecular formula is C47H42O8. The first-order valence-electron chi connectivity index (χ1n) is 18.1. The van der Waals surface area contributed by atoms with E-state index in [4.69, 9.17) is 18.9 Å². The van der Waals surface area contributed by atoms with Crippen molar-refractivity contribution in [2.45, 2.75) is 31.5 Å². The Bertz CT molecular complexity index is 2240. The fourth-order valence-corrected chi connectivity index (χ4v) is 7.15. The molecule has 0 heterocycles. The van der Waals surface area contributed by atoms with E-state index in [1.54, 1.807) is 13.8 Å². The maximum atomic E-state index is 11.8. The SMILES string of the molecule is C=C(C)C(=O)OCC(O)COc1ccc(C2(c3ccc(OCC(O)COC(=O)C(=C)C)cc3)c3cc4ccccc4cc3-c3cc4ccccc4cc32)cc1. The normalized spacial score (nSPS) is 13.7. The number of hydrogen-bond acceptors (Lipinski definition) is 8. The summed E-state index contributed by atoms with van der Waals surface area (Å²) in [5.74, 6) is -0.0258. The molecule has 0 saturated carbocycles. The summed E-state index contributed by atoms with van der Waals surface area (Å²) in [6, 6.07) is 41.7. The van der Waals surface area contributed by atoms with Crippen molar-refractivity contribution in [1.82, 2.24) is 0 Å². The Balaban J connectivity index is 1.29. The summed E-state index contributed by atoms with van der Waals surface area (Å²) < 4.78 is 22.0. The zero-order valence-corrected chi connectivity index (χ0v) is 30.8. The molecule has 1 aliphatic carbocycles. The van der Waals surface area contributed by atoms with Crippen LogP contribution in [-0.4, -0.2) is 60.8 Å². The third kappa shape index (κ3) is 7.47. The van der Waals surface area contributed by atoms with Crippen molar-refractivity contribution in [3.05, 3.63) is 168 Å². The molecule has 0 aromatic heterocycles. The summed E-state index contributed by atoms with van der Waals surface area (Å²) in [7, 11) is 0. The van der Waals surface area contributed by atoms with E-state index >= 15 is 0 Å². The summed E-state index contributed by atoms with van der Waals surface area (Å²) in [4.78, 5) is 23.6. The molecule has 7 rings (SSSR count). The third-order valence-electron chi connectivity index (χ3n) is 9.84. The molecule has 8 nitrogen and oxygen atoms in total. The van der Waals surface area contributed by atoms with E-state index in [1.807, 2.05) is 36.4 Å². The lowest BCUT2D eigenvalue weighted by atomic mass is 9.67. The first kappa shape index (κ1) is 37.1. The first-order chi connectivity index (χ1) is 26.5. The van der Waals surface area contributed by atoms with Crippen molar-refractivity contribution >= 4 is 33.5 Å². The van der Waals surface area contributed by atoms with Crippen molar-refractivity contribution in [2.75, 3.05) is 26.4 Å². The maximum Gasteiger partial charge on any atom is 0.333 e. The minimum Gasteiger partial charge on any atom is -0.491 e. The molecule has 0 saturated heterocycles. The van der Waals surface area contributed by atoms with E-state index in [-0.39, 0.29) is 37.6 Å². The zero-order chi connectivity index (χ0) is 38.7. The van der Waals surface area contributed by atoms with Crippen LogP contribution in [0.2, 0.25) is 0 Å². The Hall–Kier alpha value is -6.22. The molecule has 0 amide bonds. The molecule has 0 spiro atoms. The number of esters is 2. The predicted octanol–water partition coefficient (Wildman–Crippen LogP) is 8.07. The predicted molar refractivity (Wildman–Crippen MR) is 213 cm³/mol. The van der Waals surface area contributed by atoms with Crippen molar-refractivity contribution in [1.29, 1.82) is 0 Å². The molecule has 55 heavy (non-hydrogen) atoms. The van der Waals surface area contributed by atoms with Crippen molar-refractivity contribution in [3.8, 4) is 22.6 Å². The average Bonchev–Trinajstić information content (AvgIpc) is 3.47. The standard InChI is InChI=1S/C47H42O8/c1-29(2)45(50)54-27-37(48)25-52-39-17-13-35(14-18-39)47(36-15-19-40(20-16-36)53-26-38(49)28-55-46(51)30(3)4)43-23-33-11-7-5-9-31(33)21-41(43)42-22-32-10-6-8-12-34(32)24-44(42)47/h5-24,37-38,48-49H,1,3,25-28H2,2,4H3. The smallest absolute Gasteiger partial charge is 0.333 e. The minimum absolute atomic E-state index is 0.0654. The molecule has 8 heteroatoms. The molecular weight excluding hydrogens is 693 g/mol. The van der Waals surface area contributed by atoms with E-state index in [2.05, 4.69) is 98.1 Å². The van der Waals surface area contributed by atoms with Crippen LogP contribution in [0.25, 0.3) is 32.7 Å². The van der Waals surface area contributed by atoms with Gasteiger partial charge in [-0.25, -0.2) is 9.59 Å². The quantitative estimate of drug-likeness (QED) is 0.0853. The number of carbonyl (C=O) groups excluding carboxylic acids is 2. The van der Waals surface area contributed by atoms with Crippen LogP contribution in [0.5, 0.6) is 11.5 Å². The second kappa shape index (κ2) is 15.6. The lowest BCUT2D eigenvalue weighted by Gasteiger charge is -2.34. The molecule has 0 radical (unpaired) electrons. The Morgan fingerprint density at radius 1 is 0.545 bits per heavy atom. The van der Waals surface area contributed by atoms with Crippen molar-refractivity contribution < 1.29 is 38.7 Å². The summed E-state index contributed by atoms with van der Waals surface area (Å²) >= 11 is 0. The number of aliphatic hydroxyl groups excluding tert-OH is 2. The minimum atomic E-state index is -1.02. The highest BCUT2D eigenvalue weighted by molar-refractivity contribution is 6.00. The Morgan fingerprint density at radius 2 is 0.891 bits per heavy atom. The zero-order valence-electron chi connectivity index (χ0n) is 30.8. The molecule has 6 aromatic carbocycles. The fraction of sp³-hybridized carbons (Fsp3) is 0.191. The topological polar surface area (TPSA) is 112 Å². The molecule has 2 atom stereocenters. The van der Waals surface area contributed by atoms with Crippen LogP contribution in [0.4, 0.5) is 0 Å². The van der Waals surface area contributed by atoms with Crippen molar-refractivity contribution in [3.63, 3.8) is 0 Å². The third-order valence-corrected chi connectivity index (χ3v) is 9.84. The van der Waals surface area contributed by atoms with Crippen LogP contribution in [0.3, 0.4) is 0 Å². The van der Waals surface area contributed by atoms with Crippen LogP contribution >= 0.6 is 0 Å². The number of carbonyl (C=O) groups is 2. The molecule has 0 fully saturated rings. The summed E-state index contributed by atoms with van der Waals surface area (Å²) in [5, 5.41) is 25.4. The average molecular weight is 735 g/mol. The summed E-state index contributed by atoms with van der Waals surface area (Å²) in [6.45, 7) is 9.70. The summed E-state index contributed by atoms with van der Waals surface area (Å²) in [5.41, 5.74) is 6.30. The van der Waals surface area contributed by atoms with Crippen LogP contribution < -0.4 is 9.47 Å². The van der Waals surface area contributed by atoms with E-state index in [1.165, 1.54) is 0 Å². The van der Waals surface area contributed by atoms with Gasteiger partial charge >= 0.3 is 11.9 Å². The first-order valence-corrected chi connectivity index (χ1v) is 18.1. The lowest BCUT2D eigenvalue weighted by molar-refractivity contribution is -0.143. The van der Waals surface area contributed by atoms with Gasteiger partial charge in [0, 0.05) is 11.1 Å². The van der Waals surface area contributed by atoms with Crippen LogP contribution in [0.15, 0.2) is 146 Å². The van der Waals surface area contributed by atoms with Gasteiger partial charge in [0.15, 0.2) is 0 Å². The monoisotopic (exact) mass is 734 g/mol. The highest BCUT2D eigenvalue weighted by Gasteiger charge is 2.46. The molecule has 2 unspecified atom stereocenters. The van der Waals surface area contributed by atoms with Crippen LogP contribution in [0, 0.1) is 0 Å². The number of benzene rings is 6. The lowest BCUT2D eigenvalue weighted by Crippen LogP contribution is -2.29. The second-order valence-corrected chi connectivity index (χ2v) is 14.0. The van der Waals surface area contributed by atoms with Gasteiger partial charge in [0.05, 0.1) is 5.41 Å². The number of ether oxygens (including phenoxy) is 4. The fourth-order valence-electron chi connectivity index (χ4n) is 7.15. The van der Waals surface area contributed by atoms with Crippen LogP contribution in [0.1, 0.15) is 36.1 Å². The molecule has 0 aliphatic heterocycles. The van der Waals surface area contributed by atoms with Gasteiger partial charge in [-0.05, 0) is 117 Å². The number of fused-ring (bicyclic) bond motifs is 5. The van der Waals surface area contributed by atoms with Crippen molar-refractivity contribution in [2.24, 2.45) is 0 Å². The van der Waals surface area contributed by atoms with Gasteiger partial charge in [0.1, 0.15) is 50.1 Å². The second-order valence-electron chi connectivity index (χ2n) is 14.0. The Labute approximate surface area is 319 Å². The highest BCUT2D eigenvalue weighted by atomic mass is 16.6. The van der Waals surface area contributed by atoms with Gasteiger partial charge in [-0.3, -0.25) is 0 Å². The Morgan fingerprint density at radius 3 is 1.24 bits per heavy atom. The van der Waals surface area contributed by atoms with Gasteiger partial charge < -0.3 is 29.2 Å². The molecule has 278 valence electrons. The van der Waals surface area contributed by atoms with Gasteiger partial charge in [0.2, 0.25) is 0 Å². The largest absolute Gasteiger partial charge is 0.491 e. The van der Waals surface area contributed by atoms with Gasteiger partial charge in [-0.15, -0.1) is 0 Å². The van der Waals surface area contributed by atoms with E-state index in [0.717, 1.165) is 54.9 Å². The van der Waals surface area contributed by atoms with E-state index in [0.29, 0.717) is 11.5 Å². The summed E-state index contributed by atoms with van der Waals surface area (Å²) in [6.07, 6.45) is -2.03. The number of hydrogen-bond donors (Lipinski definition) is 2. The number of aliphatic hydroxyl groups is 2. The van der Waals surface area contributed by atoms with E-state index in [9.17, 15) is 19.8 Å². The number of rotatable bonds is 14. The molecule has 1 aliphatic rings.